The molecule has 2 aliphatic rings. The summed E-state index contributed by atoms with van der Waals surface area (Å²) < 4.78 is 0. The van der Waals surface area contributed by atoms with Gasteiger partial charge < -0.3 is 10.2 Å². The van der Waals surface area contributed by atoms with Crippen LogP contribution in [0.25, 0.3) is 0 Å². The van der Waals surface area contributed by atoms with E-state index in [0.717, 1.165) is 9.80 Å². The Hall–Kier alpha value is -4.34. The lowest BCUT2D eigenvalue weighted by Gasteiger charge is -2.20. The molecule has 0 radical (unpaired) electrons. The van der Waals surface area contributed by atoms with E-state index in [-0.39, 0.29) is 52.4 Å². The minimum atomic E-state index is -1.19. The Bertz CT molecular complexity index is 1280. The van der Waals surface area contributed by atoms with Crippen molar-refractivity contribution < 1.29 is 39.0 Å². The first-order valence-corrected chi connectivity index (χ1v) is 10.6. The van der Waals surface area contributed by atoms with Crippen LogP contribution in [0, 0.1) is 5.92 Å². The standard InChI is InChI=1S/C24H20N2O8/c1-12(11-26-20(28)16-7-5-14(24(33)34)10-18(16)22(26)30)3-2-8-25-19(27)15-6-4-13(23(31)32)9-17(15)21(25)29/h4-7,9-10,12H,2-3,8,11H2,1H3,(H,31,32)(H,33,34). The monoisotopic (exact) mass is 464 g/mol. The second-order valence-corrected chi connectivity index (χ2v) is 8.36. The van der Waals surface area contributed by atoms with E-state index >= 15 is 0 Å². The second kappa shape index (κ2) is 8.54. The van der Waals surface area contributed by atoms with E-state index in [1.165, 1.54) is 36.4 Å². The third-order valence-electron chi connectivity index (χ3n) is 6.01. The zero-order chi connectivity index (χ0) is 24.7. The topological polar surface area (TPSA) is 149 Å². The Balaban J connectivity index is 1.35. The smallest absolute Gasteiger partial charge is 0.335 e. The number of nitrogens with zero attached hydrogens (tertiary/aromatic N) is 2. The van der Waals surface area contributed by atoms with Crippen molar-refractivity contribution >= 4 is 35.6 Å². The van der Waals surface area contributed by atoms with Gasteiger partial charge in [0.25, 0.3) is 23.6 Å². The highest BCUT2D eigenvalue weighted by atomic mass is 16.4. The molecule has 0 spiro atoms. The quantitative estimate of drug-likeness (QED) is 0.566. The van der Waals surface area contributed by atoms with E-state index in [1.54, 1.807) is 0 Å². The number of carboxylic acid groups (broad SMARTS) is 2. The molecular weight excluding hydrogens is 444 g/mol. The van der Waals surface area contributed by atoms with Crippen LogP contribution in [0.4, 0.5) is 0 Å². The van der Waals surface area contributed by atoms with Gasteiger partial charge in [0.05, 0.1) is 33.4 Å². The number of amides is 4. The molecule has 0 saturated carbocycles. The van der Waals surface area contributed by atoms with Crippen LogP contribution >= 0.6 is 0 Å². The minimum Gasteiger partial charge on any atom is -0.478 e. The van der Waals surface area contributed by atoms with Crippen molar-refractivity contribution in [2.45, 2.75) is 19.8 Å². The zero-order valence-electron chi connectivity index (χ0n) is 18.1. The van der Waals surface area contributed by atoms with E-state index in [1.807, 2.05) is 6.92 Å². The largest absolute Gasteiger partial charge is 0.478 e. The summed E-state index contributed by atoms with van der Waals surface area (Å²) in [6.45, 7) is 2.05. The van der Waals surface area contributed by atoms with Crippen LogP contribution in [-0.4, -0.2) is 68.7 Å². The molecule has 1 unspecified atom stereocenters. The predicted octanol–water partition coefficient (Wildman–Crippen LogP) is 2.39. The molecule has 1 atom stereocenters. The highest BCUT2D eigenvalue weighted by molar-refractivity contribution is 6.22. The normalized spacial score (nSPS) is 15.6. The van der Waals surface area contributed by atoms with Crippen LogP contribution in [0.1, 0.15) is 81.9 Å². The number of carbonyl (C=O) groups excluding carboxylic acids is 4. The molecule has 0 saturated heterocycles. The SMILES string of the molecule is CC(CCCN1C(=O)c2ccc(C(=O)O)cc2C1=O)CN1C(=O)c2ccc(C(=O)O)cc2C1=O. The maximum absolute atomic E-state index is 12.7. The van der Waals surface area contributed by atoms with Gasteiger partial charge in [-0.15, -0.1) is 0 Å². The first kappa shape index (κ1) is 22.8. The minimum absolute atomic E-state index is 0.0591. The number of hydrogen-bond donors (Lipinski definition) is 2. The van der Waals surface area contributed by atoms with Gasteiger partial charge in [-0.25, -0.2) is 9.59 Å². The van der Waals surface area contributed by atoms with Crippen molar-refractivity contribution in [3.05, 3.63) is 69.8 Å². The molecule has 2 aliphatic heterocycles. The van der Waals surface area contributed by atoms with Gasteiger partial charge in [-0.2, -0.15) is 0 Å². The Morgan fingerprint density at radius 1 is 0.735 bits per heavy atom. The highest BCUT2D eigenvalue weighted by Gasteiger charge is 2.38. The average Bonchev–Trinajstić information content (AvgIpc) is 3.18. The number of hydrogen-bond acceptors (Lipinski definition) is 6. The molecule has 2 heterocycles. The molecule has 2 aromatic rings. The number of rotatable bonds is 8. The molecule has 2 aromatic carbocycles. The van der Waals surface area contributed by atoms with Gasteiger partial charge in [0.2, 0.25) is 0 Å². The summed E-state index contributed by atoms with van der Waals surface area (Å²) in [5.74, 6) is -4.60. The molecule has 0 bridgehead atoms. The number of fused-ring (bicyclic) bond motifs is 2. The summed E-state index contributed by atoms with van der Waals surface area (Å²) in [6.07, 6.45) is 0.923. The van der Waals surface area contributed by atoms with Gasteiger partial charge in [0, 0.05) is 13.1 Å². The van der Waals surface area contributed by atoms with Gasteiger partial charge in [0.15, 0.2) is 0 Å². The number of carboxylic acids is 2. The fraction of sp³-hybridized carbons (Fsp3) is 0.250. The summed E-state index contributed by atoms with van der Waals surface area (Å²) in [6, 6.07) is 7.61. The van der Waals surface area contributed by atoms with Gasteiger partial charge in [-0.3, -0.25) is 29.0 Å². The van der Waals surface area contributed by atoms with E-state index < -0.39 is 35.6 Å². The number of carbonyl (C=O) groups is 6. The zero-order valence-corrected chi connectivity index (χ0v) is 18.1. The van der Waals surface area contributed by atoms with Crippen LogP contribution in [-0.2, 0) is 0 Å². The van der Waals surface area contributed by atoms with Gasteiger partial charge in [0.1, 0.15) is 0 Å². The van der Waals surface area contributed by atoms with Crippen LogP contribution < -0.4 is 0 Å². The van der Waals surface area contributed by atoms with Crippen LogP contribution in [0.15, 0.2) is 36.4 Å². The Labute approximate surface area is 193 Å². The first-order chi connectivity index (χ1) is 16.1. The summed E-state index contributed by atoms with van der Waals surface area (Å²) in [7, 11) is 0. The van der Waals surface area contributed by atoms with E-state index in [4.69, 9.17) is 10.2 Å². The molecule has 174 valence electrons. The third-order valence-corrected chi connectivity index (χ3v) is 6.01. The molecule has 0 aliphatic carbocycles. The highest BCUT2D eigenvalue weighted by Crippen LogP contribution is 2.27. The van der Waals surface area contributed by atoms with Crippen molar-refractivity contribution in [1.82, 2.24) is 9.80 Å². The molecule has 0 aromatic heterocycles. The fourth-order valence-electron chi connectivity index (χ4n) is 4.22. The van der Waals surface area contributed by atoms with E-state index in [0.29, 0.717) is 12.8 Å². The maximum Gasteiger partial charge on any atom is 0.335 e. The Morgan fingerprint density at radius 2 is 1.18 bits per heavy atom. The van der Waals surface area contributed by atoms with Crippen molar-refractivity contribution in [1.29, 1.82) is 0 Å². The first-order valence-electron chi connectivity index (χ1n) is 10.6. The lowest BCUT2D eigenvalue weighted by molar-refractivity contribution is 0.0626. The fourth-order valence-corrected chi connectivity index (χ4v) is 4.22. The molecule has 2 N–H and O–H groups in total. The third kappa shape index (κ3) is 3.83. The summed E-state index contributed by atoms with van der Waals surface area (Å²) in [5.41, 5.74) is 0.287. The lowest BCUT2D eigenvalue weighted by atomic mass is 10.0. The summed E-state index contributed by atoms with van der Waals surface area (Å²) in [4.78, 5) is 74.9. The summed E-state index contributed by atoms with van der Waals surface area (Å²) in [5, 5.41) is 18.2. The Morgan fingerprint density at radius 3 is 1.68 bits per heavy atom. The van der Waals surface area contributed by atoms with Gasteiger partial charge in [-0.1, -0.05) is 6.92 Å². The maximum atomic E-state index is 12.7. The molecule has 0 fully saturated rings. The van der Waals surface area contributed by atoms with Crippen LogP contribution in [0.2, 0.25) is 0 Å². The van der Waals surface area contributed by atoms with Crippen LogP contribution in [0.3, 0.4) is 0 Å². The van der Waals surface area contributed by atoms with Gasteiger partial charge >= 0.3 is 11.9 Å². The second-order valence-electron chi connectivity index (χ2n) is 8.36. The molecule has 34 heavy (non-hydrogen) atoms. The lowest BCUT2D eigenvalue weighted by Crippen LogP contribution is -2.34. The molecule has 4 rings (SSSR count). The van der Waals surface area contributed by atoms with Crippen molar-refractivity contribution in [2.24, 2.45) is 5.92 Å². The van der Waals surface area contributed by atoms with Crippen LogP contribution in [0.5, 0.6) is 0 Å². The Kier molecular flexibility index (Phi) is 5.74. The van der Waals surface area contributed by atoms with E-state index in [2.05, 4.69) is 0 Å². The molecule has 10 nitrogen and oxygen atoms in total. The average molecular weight is 464 g/mol. The number of aromatic carboxylic acids is 2. The molecule has 10 heteroatoms. The van der Waals surface area contributed by atoms with Crippen molar-refractivity contribution in [2.75, 3.05) is 13.1 Å². The van der Waals surface area contributed by atoms with Gasteiger partial charge in [-0.05, 0) is 55.2 Å². The predicted molar refractivity (Wildman–Crippen MR) is 116 cm³/mol. The number of benzene rings is 2. The van der Waals surface area contributed by atoms with E-state index in [9.17, 15) is 28.8 Å². The molecule has 4 amide bonds. The molecular formula is C24H20N2O8. The van der Waals surface area contributed by atoms with Crippen molar-refractivity contribution in [3.63, 3.8) is 0 Å². The summed E-state index contributed by atoms with van der Waals surface area (Å²) >= 11 is 0. The van der Waals surface area contributed by atoms with Crippen molar-refractivity contribution in [3.8, 4) is 0 Å². The number of imide groups is 2.